The van der Waals surface area contributed by atoms with Gasteiger partial charge in [0.1, 0.15) is 5.82 Å². The molecule has 0 atom stereocenters. The number of allylic oxidation sites excluding steroid dienone is 2. The lowest BCUT2D eigenvalue weighted by Gasteiger charge is -2.26. The van der Waals surface area contributed by atoms with Crippen LogP contribution in [-0.4, -0.2) is 58.6 Å². The van der Waals surface area contributed by atoms with Crippen LogP contribution in [0.25, 0.3) is 5.70 Å². The fourth-order valence-corrected chi connectivity index (χ4v) is 4.85. The Bertz CT molecular complexity index is 1100. The van der Waals surface area contributed by atoms with Crippen molar-refractivity contribution in [3.8, 4) is 0 Å². The summed E-state index contributed by atoms with van der Waals surface area (Å²) in [6, 6.07) is 8.10. The number of carbonyl (C=O) groups is 1. The Morgan fingerprint density at radius 3 is 2.52 bits per heavy atom. The standard InChI is InChI=1S/C22H27N5O3S/c1-3-4-20(27-16(2)23-22(25-27)24-21(28)19-9-10-19)18-7-5-17(6-8-18)15-26-11-13-31(29,30)14-12-26/h3-8,19H,1,9-15H2,2H3,(H,24,25,28)/b20-4-. The summed E-state index contributed by atoms with van der Waals surface area (Å²) in [7, 11) is -2.87. The van der Waals surface area contributed by atoms with E-state index in [1.54, 1.807) is 10.8 Å². The highest BCUT2D eigenvalue weighted by atomic mass is 32.2. The van der Waals surface area contributed by atoms with Crippen molar-refractivity contribution in [1.29, 1.82) is 0 Å². The third-order valence-corrected chi connectivity index (χ3v) is 7.16. The van der Waals surface area contributed by atoms with Crippen LogP contribution in [0.5, 0.6) is 0 Å². The number of amides is 1. The summed E-state index contributed by atoms with van der Waals surface area (Å²) in [4.78, 5) is 18.6. The van der Waals surface area contributed by atoms with Crippen LogP contribution in [0, 0.1) is 12.8 Å². The first-order valence-electron chi connectivity index (χ1n) is 10.4. The molecule has 1 aromatic heterocycles. The number of sulfone groups is 1. The number of benzene rings is 1. The second kappa shape index (κ2) is 8.76. The van der Waals surface area contributed by atoms with Crippen LogP contribution in [0.1, 0.15) is 29.8 Å². The van der Waals surface area contributed by atoms with Gasteiger partial charge in [-0.3, -0.25) is 15.0 Å². The minimum Gasteiger partial charge on any atom is -0.297 e. The fraction of sp³-hybridized carbons (Fsp3) is 0.409. The second-order valence-corrected chi connectivity index (χ2v) is 10.4. The summed E-state index contributed by atoms with van der Waals surface area (Å²) in [5.41, 5.74) is 2.87. The Hall–Kier alpha value is -2.78. The summed E-state index contributed by atoms with van der Waals surface area (Å²) in [5.74, 6) is 1.48. The van der Waals surface area contributed by atoms with Gasteiger partial charge in [-0.25, -0.2) is 13.1 Å². The molecule has 8 nitrogen and oxygen atoms in total. The van der Waals surface area contributed by atoms with Crippen molar-refractivity contribution in [1.82, 2.24) is 19.7 Å². The van der Waals surface area contributed by atoms with E-state index >= 15 is 0 Å². The number of hydrogen-bond acceptors (Lipinski definition) is 6. The lowest BCUT2D eigenvalue weighted by molar-refractivity contribution is -0.117. The Labute approximate surface area is 182 Å². The molecule has 1 amide bonds. The lowest BCUT2D eigenvalue weighted by atomic mass is 10.1. The molecular weight excluding hydrogens is 414 g/mol. The van der Waals surface area contributed by atoms with E-state index in [1.807, 2.05) is 37.3 Å². The molecule has 1 N–H and O–H groups in total. The molecule has 164 valence electrons. The van der Waals surface area contributed by atoms with Gasteiger partial charge in [0, 0.05) is 31.1 Å². The average molecular weight is 442 g/mol. The first kappa shape index (κ1) is 21.5. The smallest absolute Gasteiger partial charge is 0.249 e. The van der Waals surface area contributed by atoms with Crippen molar-refractivity contribution >= 4 is 27.4 Å². The van der Waals surface area contributed by atoms with Crippen LogP contribution in [0.2, 0.25) is 0 Å². The van der Waals surface area contributed by atoms with E-state index in [-0.39, 0.29) is 23.3 Å². The largest absolute Gasteiger partial charge is 0.297 e. The van der Waals surface area contributed by atoms with Gasteiger partial charge in [0.15, 0.2) is 9.84 Å². The zero-order valence-electron chi connectivity index (χ0n) is 17.6. The molecule has 1 saturated carbocycles. The monoisotopic (exact) mass is 441 g/mol. The second-order valence-electron chi connectivity index (χ2n) is 8.07. The number of anilines is 1. The van der Waals surface area contributed by atoms with Crippen molar-refractivity contribution in [3.05, 3.63) is 59.9 Å². The predicted molar refractivity (Wildman–Crippen MR) is 120 cm³/mol. The molecule has 2 aromatic rings. The molecule has 1 aliphatic carbocycles. The Morgan fingerprint density at radius 2 is 1.90 bits per heavy atom. The minimum absolute atomic E-state index is 0.0266. The third-order valence-electron chi connectivity index (χ3n) is 5.55. The topological polar surface area (TPSA) is 97.2 Å². The minimum atomic E-state index is -2.87. The van der Waals surface area contributed by atoms with Gasteiger partial charge in [-0.15, -0.1) is 5.10 Å². The van der Waals surface area contributed by atoms with Crippen LogP contribution < -0.4 is 5.32 Å². The number of aryl methyl sites for hydroxylation is 1. The van der Waals surface area contributed by atoms with Crippen LogP contribution >= 0.6 is 0 Å². The molecule has 2 heterocycles. The number of nitrogens with one attached hydrogen (secondary N) is 1. The van der Waals surface area contributed by atoms with Gasteiger partial charge in [0.25, 0.3) is 0 Å². The molecule has 9 heteroatoms. The fourth-order valence-electron chi connectivity index (χ4n) is 3.58. The Balaban J connectivity index is 1.48. The van der Waals surface area contributed by atoms with Crippen LogP contribution in [0.4, 0.5) is 5.95 Å². The summed E-state index contributed by atoms with van der Waals surface area (Å²) in [6.07, 6.45) is 5.40. The van der Waals surface area contributed by atoms with Gasteiger partial charge in [-0.1, -0.05) is 36.9 Å². The first-order chi connectivity index (χ1) is 14.8. The van der Waals surface area contributed by atoms with Gasteiger partial charge in [-0.2, -0.15) is 4.98 Å². The Morgan fingerprint density at radius 1 is 1.23 bits per heavy atom. The first-order valence-corrected chi connectivity index (χ1v) is 12.3. The number of hydrogen-bond donors (Lipinski definition) is 1. The molecule has 1 aliphatic heterocycles. The maximum absolute atomic E-state index is 12.0. The number of carbonyl (C=O) groups excluding carboxylic acids is 1. The van der Waals surface area contributed by atoms with Crippen LogP contribution in [-0.2, 0) is 21.2 Å². The summed E-state index contributed by atoms with van der Waals surface area (Å²) in [6.45, 7) is 7.51. The van der Waals surface area contributed by atoms with Gasteiger partial charge < -0.3 is 0 Å². The van der Waals surface area contributed by atoms with Gasteiger partial charge in [0.2, 0.25) is 11.9 Å². The van der Waals surface area contributed by atoms with Crippen LogP contribution in [0.3, 0.4) is 0 Å². The molecular formula is C22H27N5O3S. The average Bonchev–Trinajstić information content (AvgIpc) is 3.53. The highest BCUT2D eigenvalue weighted by Crippen LogP contribution is 2.30. The maximum Gasteiger partial charge on any atom is 0.249 e. The highest BCUT2D eigenvalue weighted by Gasteiger charge is 2.30. The van der Waals surface area contributed by atoms with E-state index in [0.29, 0.717) is 24.9 Å². The predicted octanol–water partition coefficient (Wildman–Crippen LogP) is 2.24. The molecule has 0 spiro atoms. The zero-order valence-corrected chi connectivity index (χ0v) is 18.4. The third kappa shape index (κ3) is 5.29. The van der Waals surface area contributed by atoms with Gasteiger partial charge in [0.05, 0.1) is 17.2 Å². The molecule has 4 rings (SSSR count). The van der Waals surface area contributed by atoms with E-state index in [9.17, 15) is 13.2 Å². The van der Waals surface area contributed by atoms with E-state index in [0.717, 1.165) is 36.2 Å². The van der Waals surface area contributed by atoms with Crippen LogP contribution in [0.15, 0.2) is 43.0 Å². The van der Waals surface area contributed by atoms with Gasteiger partial charge >= 0.3 is 0 Å². The summed E-state index contributed by atoms with van der Waals surface area (Å²) in [5, 5.41) is 7.27. The molecule has 1 saturated heterocycles. The lowest BCUT2D eigenvalue weighted by Crippen LogP contribution is -2.39. The maximum atomic E-state index is 12.0. The molecule has 0 unspecified atom stereocenters. The highest BCUT2D eigenvalue weighted by molar-refractivity contribution is 7.91. The van der Waals surface area contributed by atoms with E-state index in [1.165, 1.54) is 0 Å². The Kier molecular flexibility index (Phi) is 6.06. The van der Waals surface area contributed by atoms with E-state index in [2.05, 4.69) is 26.9 Å². The quantitative estimate of drug-likeness (QED) is 0.662. The normalized spacial score (nSPS) is 19.2. The molecule has 2 aliphatic rings. The molecule has 0 radical (unpaired) electrons. The van der Waals surface area contributed by atoms with Gasteiger partial charge in [-0.05, 0) is 31.4 Å². The zero-order chi connectivity index (χ0) is 22.0. The van der Waals surface area contributed by atoms with E-state index < -0.39 is 9.84 Å². The number of rotatable bonds is 7. The molecule has 31 heavy (non-hydrogen) atoms. The SMILES string of the molecule is C=C/C=C(/c1ccc(CN2CCS(=O)(=O)CC2)cc1)n1nc(NC(=O)C2CC2)nc1C. The number of nitrogens with zero attached hydrogens (tertiary/aromatic N) is 4. The summed E-state index contributed by atoms with van der Waals surface area (Å²) < 4.78 is 24.9. The molecule has 2 fully saturated rings. The van der Waals surface area contributed by atoms with Crippen molar-refractivity contribution in [2.45, 2.75) is 26.3 Å². The van der Waals surface area contributed by atoms with Crippen molar-refractivity contribution < 1.29 is 13.2 Å². The molecule has 0 bridgehead atoms. The molecule has 1 aromatic carbocycles. The van der Waals surface area contributed by atoms with Crippen molar-refractivity contribution in [2.24, 2.45) is 5.92 Å². The number of aromatic nitrogens is 3. The summed E-state index contributed by atoms with van der Waals surface area (Å²) >= 11 is 0. The van der Waals surface area contributed by atoms with Crippen molar-refractivity contribution in [3.63, 3.8) is 0 Å². The van der Waals surface area contributed by atoms with Crippen molar-refractivity contribution in [2.75, 3.05) is 29.9 Å². The van der Waals surface area contributed by atoms with E-state index in [4.69, 9.17) is 0 Å².